The number of aryl methyl sites for hydroxylation is 1. The van der Waals surface area contributed by atoms with Crippen LogP contribution in [0.5, 0.6) is 5.75 Å². The van der Waals surface area contributed by atoms with Gasteiger partial charge in [0.05, 0.1) is 0 Å². The normalized spacial score (nSPS) is 10.4. The van der Waals surface area contributed by atoms with Crippen molar-refractivity contribution in [1.82, 2.24) is 19.7 Å². The van der Waals surface area contributed by atoms with Crippen LogP contribution in [0, 0.1) is 6.92 Å². The number of nitrogens with zero attached hydrogens (tertiary/aromatic N) is 4. The van der Waals surface area contributed by atoms with Crippen LogP contribution < -0.4 is 4.74 Å². The molecule has 0 unspecified atom stereocenters. The molecule has 0 fully saturated rings. The van der Waals surface area contributed by atoms with E-state index in [1.807, 2.05) is 31.3 Å². The molecule has 0 spiro atoms. The van der Waals surface area contributed by atoms with Gasteiger partial charge in [0.2, 0.25) is 0 Å². The summed E-state index contributed by atoms with van der Waals surface area (Å²) in [5.74, 6) is 1.15. The molecule has 6 nitrogen and oxygen atoms in total. The molecule has 0 radical (unpaired) electrons. The Kier molecular flexibility index (Phi) is 3.91. The summed E-state index contributed by atoms with van der Waals surface area (Å²) in [6, 6.07) is 9.12. The molecule has 3 heterocycles. The van der Waals surface area contributed by atoms with Crippen LogP contribution in [-0.2, 0) is 6.61 Å². The molecule has 0 aliphatic heterocycles. The van der Waals surface area contributed by atoms with Crippen LogP contribution in [0.15, 0.2) is 48.9 Å². The fourth-order valence-corrected chi connectivity index (χ4v) is 2.07. The van der Waals surface area contributed by atoms with Crippen LogP contribution in [0.3, 0.4) is 0 Å². The Morgan fingerprint density at radius 2 is 2.14 bits per heavy atom. The average molecular weight is 294 g/mol. The van der Waals surface area contributed by atoms with E-state index in [4.69, 9.17) is 4.74 Å². The summed E-state index contributed by atoms with van der Waals surface area (Å²) in [7, 11) is 0. The molecule has 0 aliphatic rings. The van der Waals surface area contributed by atoms with Crippen LogP contribution in [-0.4, -0.2) is 26.0 Å². The Hall–Kier alpha value is -3.02. The summed E-state index contributed by atoms with van der Waals surface area (Å²) in [6.07, 6.45) is 5.90. The van der Waals surface area contributed by atoms with Gasteiger partial charge in [-0.1, -0.05) is 6.07 Å². The minimum Gasteiger partial charge on any atom is -0.486 e. The first-order chi connectivity index (χ1) is 10.8. The van der Waals surface area contributed by atoms with Crippen molar-refractivity contribution < 1.29 is 9.53 Å². The van der Waals surface area contributed by atoms with Crippen LogP contribution in [0.25, 0.3) is 5.82 Å². The molecule has 3 aromatic heterocycles. The van der Waals surface area contributed by atoms with Gasteiger partial charge in [0, 0.05) is 29.8 Å². The highest BCUT2D eigenvalue weighted by Crippen LogP contribution is 2.18. The van der Waals surface area contributed by atoms with Crippen molar-refractivity contribution >= 4 is 6.29 Å². The average Bonchev–Trinajstić information content (AvgIpc) is 3.08. The highest BCUT2D eigenvalue weighted by Gasteiger charge is 2.09. The molecule has 0 saturated carbocycles. The van der Waals surface area contributed by atoms with Gasteiger partial charge in [0.1, 0.15) is 18.1 Å². The van der Waals surface area contributed by atoms with E-state index in [1.165, 1.54) is 0 Å². The smallest absolute Gasteiger partial charge is 0.172 e. The Labute approximate surface area is 127 Å². The minimum absolute atomic E-state index is 0.272. The number of carbonyl (C=O) groups excluding carboxylic acids is 1. The SMILES string of the molecule is Cc1ccc(OCc2cccnc2-n2cccn2)c(C=O)n1. The zero-order valence-corrected chi connectivity index (χ0v) is 12.0. The zero-order valence-electron chi connectivity index (χ0n) is 12.0. The topological polar surface area (TPSA) is 69.9 Å². The molecule has 110 valence electrons. The van der Waals surface area contributed by atoms with E-state index in [-0.39, 0.29) is 6.61 Å². The molecular weight excluding hydrogens is 280 g/mol. The van der Waals surface area contributed by atoms with E-state index in [9.17, 15) is 4.79 Å². The molecule has 3 rings (SSSR count). The number of hydrogen-bond donors (Lipinski definition) is 0. The molecule has 0 bridgehead atoms. The van der Waals surface area contributed by atoms with E-state index in [0.717, 1.165) is 11.3 Å². The quantitative estimate of drug-likeness (QED) is 0.676. The molecule has 0 saturated heterocycles. The van der Waals surface area contributed by atoms with Gasteiger partial charge in [0.15, 0.2) is 12.1 Å². The van der Waals surface area contributed by atoms with E-state index in [2.05, 4.69) is 15.1 Å². The van der Waals surface area contributed by atoms with Gasteiger partial charge in [-0.05, 0) is 31.2 Å². The van der Waals surface area contributed by atoms with Crippen molar-refractivity contribution in [2.24, 2.45) is 0 Å². The molecule has 22 heavy (non-hydrogen) atoms. The second-order valence-corrected chi connectivity index (χ2v) is 4.68. The molecule has 0 amide bonds. The highest BCUT2D eigenvalue weighted by molar-refractivity contribution is 5.76. The summed E-state index contributed by atoms with van der Waals surface area (Å²) < 4.78 is 7.41. The number of hydrogen-bond acceptors (Lipinski definition) is 5. The lowest BCUT2D eigenvalue weighted by Gasteiger charge is -2.11. The fraction of sp³-hybridized carbons (Fsp3) is 0.125. The Morgan fingerprint density at radius 1 is 1.23 bits per heavy atom. The van der Waals surface area contributed by atoms with Crippen molar-refractivity contribution in [1.29, 1.82) is 0 Å². The lowest BCUT2D eigenvalue weighted by atomic mass is 10.2. The Balaban J connectivity index is 1.85. The van der Waals surface area contributed by atoms with E-state index < -0.39 is 0 Å². The van der Waals surface area contributed by atoms with Crippen LogP contribution >= 0.6 is 0 Å². The van der Waals surface area contributed by atoms with Gasteiger partial charge < -0.3 is 4.74 Å². The predicted molar refractivity (Wildman–Crippen MR) is 80.1 cm³/mol. The number of aromatic nitrogens is 4. The molecular formula is C16H14N4O2. The number of aldehydes is 1. The van der Waals surface area contributed by atoms with Gasteiger partial charge in [0.25, 0.3) is 0 Å². The predicted octanol–water partition coefficient (Wildman–Crippen LogP) is 2.36. The standard InChI is InChI=1S/C16H14N4O2/c1-12-5-6-15(14(10-21)19-12)22-11-13-4-2-7-17-16(13)20-9-3-8-18-20/h2-10H,11H2,1H3. The fourth-order valence-electron chi connectivity index (χ4n) is 2.07. The maximum absolute atomic E-state index is 11.1. The van der Waals surface area contributed by atoms with E-state index in [1.54, 1.807) is 29.2 Å². The maximum atomic E-state index is 11.1. The molecule has 0 atom stereocenters. The Bertz CT molecular complexity index is 785. The lowest BCUT2D eigenvalue weighted by molar-refractivity contribution is 0.111. The van der Waals surface area contributed by atoms with Crippen molar-refractivity contribution in [3.8, 4) is 11.6 Å². The van der Waals surface area contributed by atoms with Gasteiger partial charge in [-0.15, -0.1) is 0 Å². The first-order valence-corrected chi connectivity index (χ1v) is 6.77. The van der Waals surface area contributed by atoms with E-state index >= 15 is 0 Å². The third-order valence-electron chi connectivity index (χ3n) is 3.11. The zero-order chi connectivity index (χ0) is 15.4. The second kappa shape index (κ2) is 6.17. The van der Waals surface area contributed by atoms with Crippen molar-refractivity contribution in [2.75, 3.05) is 0 Å². The summed E-state index contributed by atoms with van der Waals surface area (Å²) in [4.78, 5) is 19.6. The molecule has 6 heteroatoms. The monoisotopic (exact) mass is 294 g/mol. The van der Waals surface area contributed by atoms with Crippen molar-refractivity contribution in [3.63, 3.8) is 0 Å². The third kappa shape index (κ3) is 2.85. The van der Waals surface area contributed by atoms with Gasteiger partial charge in [-0.25, -0.2) is 14.6 Å². The molecule has 3 aromatic rings. The number of carbonyl (C=O) groups is 1. The van der Waals surface area contributed by atoms with Gasteiger partial charge in [-0.3, -0.25) is 4.79 Å². The summed E-state index contributed by atoms with van der Waals surface area (Å²) >= 11 is 0. The lowest BCUT2D eigenvalue weighted by Crippen LogP contribution is -2.07. The largest absolute Gasteiger partial charge is 0.486 e. The third-order valence-corrected chi connectivity index (χ3v) is 3.11. The minimum atomic E-state index is 0.272. The van der Waals surface area contributed by atoms with Crippen LogP contribution in [0.4, 0.5) is 0 Å². The number of pyridine rings is 2. The molecule has 0 aromatic carbocycles. The van der Waals surface area contributed by atoms with Gasteiger partial charge >= 0.3 is 0 Å². The maximum Gasteiger partial charge on any atom is 0.172 e. The second-order valence-electron chi connectivity index (χ2n) is 4.68. The summed E-state index contributed by atoms with van der Waals surface area (Å²) in [5, 5.41) is 4.18. The summed E-state index contributed by atoms with van der Waals surface area (Å²) in [6.45, 7) is 2.10. The van der Waals surface area contributed by atoms with Crippen LogP contribution in [0.2, 0.25) is 0 Å². The molecule has 0 N–H and O–H groups in total. The first-order valence-electron chi connectivity index (χ1n) is 6.77. The highest BCUT2D eigenvalue weighted by atomic mass is 16.5. The van der Waals surface area contributed by atoms with Crippen LogP contribution in [0.1, 0.15) is 21.7 Å². The summed E-state index contributed by atoms with van der Waals surface area (Å²) in [5.41, 5.74) is 1.93. The van der Waals surface area contributed by atoms with Gasteiger partial charge in [-0.2, -0.15) is 5.10 Å². The molecule has 0 aliphatic carbocycles. The Morgan fingerprint density at radius 3 is 2.91 bits per heavy atom. The first kappa shape index (κ1) is 13.9. The number of rotatable bonds is 5. The van der Waals surface area contributed by atoms with Crippen molar-refractivity contribution in [2.45, 2.75) is 13.5 Å². The van der Waals surface area contributed by atoms with E-state index in [0.29, 0.717) is 23.5 Å². The number of ether oxygens (including phenoxy) is 1. The van der Waals surface area contributed by atoms with Crippen molar-refractivity contribution in [3.05, 3.63) is 65.9 Å².